The maximum atomic E-state index is 13.3. The van der Waals surface area contributed by atoms with Gasteiger partial charge in [0.2, 0.25) is 0 Å². The van der Waals surface area contributed by atoms with Crippen LogP contribution in [0.25, 0.3) is 5.69 Å². The highest BCUT2D eigenvalue weighted by Crippen LogP contribution is 2.39. The van der Waals surface area contributed by atoms with Gasteiger partial charge in [-0.2, -0.15) is 5.10 Å². The number of hydrogen-bond acceptors (Lipinski definition) is 2. The van der Waals surface area contributed by atoms with Crippen molar-refractivity contribution in [2.24, 2.45) is 0 Å². The van der Waals surface area contributed by atoms with E-state index >= 15 is 0 Å². The number of aliphatic hydroxyl groups excluding tert-OH is 1. The predicted molar refractivity (Wildman–Crippen MR) is 61.4 cm³/mol. The quantitative estimate of drug-likeness (QED) is 0.882. The molecule has 0 bridgehead atoms. The van der Waals surface area contributed by atoms with Gasteiger partial charge >= 0.3 is 0 Å². The van der Waals surface area contributed by atoms with E-state index in [2.05, 4.69) is 5.10 Å². The molecule has 0 spiro atoms. The summed E-state index contributed by atoms with van der Waals surface area (Å²) in [4.78, 5) is 0. The van der Waals surface area contributed by atoms with E-state index in [0.29, 0.717) is 17.2 Å². The maximum absolute atomic E-state index is 13.3. The van der Waals surface area contributed by atoms with Crippen molar-refractivity contribution in [1.29, 1.82) is 0 Å². The summed E-state index contributed by atoms with van der Waals surface area (Å²) >= 11 is 0. The fourth-order valence-electron chi connectivity index (χ4n) is 1.94. The minimum Gasteiger partial charge on any atom is -0.392 e. The number of benzene rings is 1. The Balaban J connectivity index is 1.98. The van der Waals surface area contributed by atoms with Crippen LogP contribution < -0.4 is 0 Å². The molecule has 88 valence electrons. The molecule has 0 unspecified atom stereocenters. The van der Waals surface area contributed by atoms with Gasteiger partial charge in [-0.15, -0.1) is 0 Å². The van der Waals surface area contributed by atoms with Crippen molar-refractivity contribution in [3.05, 3.63) is 47.5 Å². The lowest BCUT2D eigenvalue weighted by atomic mass is 10.2. The zero-order chi connectivity index (χ0) is 11.8. The normalized spacial score (nSPS) is 15.2. The van der Waals surface area contributed by atoms with Gasteiger partial charge in [0.1, 0.15) is 5.82 Å². The number of hydrogen-bond donors (Lipinski definition) is 1. The number of aliphatic hydroxyl groups is 1. The molecule has 3 nitrogen and oxygen atoms in total. The number of nitrogens with zero attached hydrogens (tertiary/aromatic N) is 2. The van der Waals surface area contributed by atoms with Crippen LogP contribution in [0, 0.1) is 5.82 Å². The fourth-order valence-corrected chi connectivity index (χ4v) is 1.94. The standard InChI is InChI=1S/C13H13FN2O/c14-11-5-9(8-17)6-12(7-11)16-4-3-13(15-16)10-1-2-10/h3-7,10,17H,1-2,8H2. The minimum absolute atomic E-state index is 0.165. The second-order valence-electron chi connectivity index (χ2n) is 4.44. The summed E-state index contributed by atoms with van der Waals surface area (Å²) in [6, 6.07) is 6.46. The third-order valence-electron chi connectivity index (χ3n) is 2.99. The monoisotopic (exact) mass is 232 g/mol. The molecule has 1 aromatic heterocycles. The van der Waals surface area contributed by atoms with E-state index in [1.807, 2.05) is 12.3 Å². The molecular weight excluding hydrogens is 219 g/mol. The Hall–Kier alpha value is -1.68. The Morgan fingerprint density at radius 2 is 2.18 bits per heavy atom. The van der Waals surface area contributed by atoms with E-state index in [1.54, 1.807) is 10.7 Å². The average molecular weight is 232 g/mol. The van der Waals surface area contributed by atoms with Crippen LogP contribution in [0.1, 0.15) is 30.0 Å². The highest BCUT2D eigenvalue weighted by molar-refractivity contribution is 5.36. The Kier molecular flexibility index (Phi) is 2.44. The molecule has 0 atom stereocenters. The summed E-state index contributed by atoms with van der Waals surface area (Å²) in [5, 5.41) is 13.5. The third-order valence-corrected chi connectivity index (χ3v) is 2.99. The smallest absolute Gasteiger partial charge is 0.125 e. The highest BCUT2D eigenvalue weighted by Gasteiger charge is 2.25. The summed E-state index contributed by atoms with van der Waals surface area (Å²) < 4.78 is 15.0. The van der Waals surface area contributed by atoms with Gasteiger partial charge in [-0.1, -0.05) is 0 Å². The molecule has 1 heterocycles. The lowest BCUT2D eigenvalue weighted by Crippen LogP contribution is -1.98. The fraction of sp³-hybridized carbons (Fsp3) is 0.308. The van der Waals surface area contributed by atoms with Crippen molar-refractivity contribution in [3.63, 3.8) is 0 Å². The Morgan fingerprint density at radius 1 is 1.35 bits per heavy atom. The SMILES string of the molecule is OCc1cc(F)cc(-n2ccc(C3CC3)n2)c1. The lowest BCUT2D eigenvalue weighted by Gasteiger charge is -2.04. The van der Waals surface area contributed by atoms with Gasteiger partial charge in [-0.3, -0.25) is 0 Å². The van der Waals surface area contributed by atoms with Crippen LogP contribution in [0.2, 0.25) is 0 Å². The van der Waals surface area contributed by atoms with Crippen molar-refractivity contribution in [1.82, 2.24) is 9.78 Å². The number of aromatic nitrogens is 2. The van der Waals surface area contributed by atoms with Crippen LogP contribution >= 0.6 is 0 Å². The van der Waals surface area contributed by atoms with Crippen molar-refractivity contribution in [2.45, 2.75) is 25.4 Å². The molecule has 17 heavy (non-hydrogen) atoms. The van der Waals surface area contributed by atoms with E-state index < -0.39 is 0 Å². The first kappa shape index (κ1) is 10.5. The van der Waals surface area contributed by atoms with Gasteiger partial charge < -0.3 is 5.11 Å². The predicted octanol–water partition coefficient (Wildman–Crippen LogP) is 2.38. The Morgan fingerprint density at radius 3 is 2.88 bits per heavy atom. The molecule has 0 aliphatic heterocycles. The topological polar surface area (TPSA) is 38.0 Å². The minimum atomic E-state index is -0.352. The molecule has 1 aliphatic rings. The zero-order valence-corrected chi connectivity index (χ0v) is 9.31. The molecule has 0 amide bonds. The average Bonchev–Trinajstić information content (AvgIpc) is 3.06. The van der Waals surface area contributed by atoms with E-state index in [9.17, 15) is 4.39 Å². The number of rotatable bonds is 3. The summed E-state index contributed by atoms with van der Waals surface area (Å²) in [7, 11) is 0. The second-order valence-corrected chi connectivity index (χ2v) is 4.44. The Bertz CT molecular complexity index is 546. The molecule has 3 rings (SSSR count). The van der Waals surface area contributed by atoms with Crippen LogP contribution in [-0.4, -0.2) is 14.9 Å². The summed E-state index contributed by atoms with van der Waals surface area (Å²) in [5.74, 6) is 0.233. The largest absolute Gasteiger partial charge is 0.392 e. The van der Waals surface area contributed by atoms with Crippen LogP contribution in [0.15, 0.2) is 30.5 Å². The molecule has 1 saturated carbocycles. The third kappa shape index (κ3) is 2.08. The number of halogens is 1. The van der Waals surface area contributed by atoms with Crippen molar-refractivity contribution >= 4 is 0 Å². The second kappa shape index (κ2) is 3.96. The molecule has 1 aliphatic carbocycles. The molecule has 0 saturated heterocycles. The van der Waals surface area contributed by atoms with Gasteiger partial charge in [0.05, 0.1) is 18.0 Å². The molecular formula is C13H13FN2O. The highest BCUT2D eigenvalue weighted by atomic mass is 19.1. The van der Waals surface area contributed by atoms with Crippen molar-refractivity contribution in [3.8, 4) is 5.69 Å². The van der Waals surface area contributed by atoms with E-state index in [4.69, 9.17) is 5.11 Å². The molecule has 1 N–H and O–H groups in total. The van der Waals surface area contributed by atoms with Gasteiger partial charge in [-0.05, 0) is 42.7 Å². The molecule has 4 heteroatoms. The first-order chi connectivity index (χ1) is 8.26. The summed E-state index contributed by atoms with van der Waals surface area (Å²) in [5.41, 5.74) is 2.28. The van der Waals surface area contributed by atoms with Gasteiger partial charge in [0.25, 0.3) is 0 Å². The molecule has 2 aromatic rings. The lowest BCUT2D eigenvalue weighted by molar-refractivity contribution is 0.281. The van der Waals surface area contributed by atoms with Crippen molar-refractivity contribution < 1.29 is 9.50 Å². The van der Waals surface area contributed by atoms with Crippen LogP contribution in [0.3, 0.4) is 0 Å². The maximum Gasteiger partial charge on any atom is 0.125 e. The van der Waals surface area contributed by atoms with Gasteiger partial charge in [-0.25, -0.2) is 9.07 Å². The van der Waals surface area contributed by atoms with E-state index in [0.717, 1.165) is 5.69 Å². The van der Waals surface area contributed by atoms with Crippen LogP contribution in [-0.2, 0) is 6.61 Å². The van der Waals surface area contributed by atoms with E-state index in [1.165, 1.54) is 25.0 Å². The summed E-state index contributed by atoms with van der Waals surface area (Å²) in [6.45, 7) is -0.165. The van der Waals surface area contributed by atoms with E-state index in [-0.39, 0.29) is 12.4 Å². The van der Waals surface area contributed by atoms with Crippen molar-refractivity contribution in [2.75, 3.05) is 0 Å². The Labute approximate surface area is 98.5 Å². The van der Waals surface area contributed by atoms with Crippen LogP contribution in [0.4, 0.5) is 4.39 Å². The molecule has 1 aromatic carbocycles. The van der Waals surface area contributed by atoms with Gasteiger partial charge in [0.15, 0.2) is 0 Å². The first-order valence-corrected chi connectivity index (χ1v) is 5.72. The van der Waals surface area contributed by atoms with Crippen LogP contribution in [0.5, 0.6) is 0 Å². The molecule has 0 radical (unpaired) electrons. The summed E-state index contributed by atoms with van der Waals surface area (Å²) in [6.07, 6.45) is 4.23. The first-order valence-electron chi connectivity index (χ1n) is 5.72. The molecule has 1 fully saturated rings. The van der Waals surface area contributed by atoms with Gasteiger partial charge in [0, 0.05) is 12.1 Å². The zero-order valence-electron chi connectivity index (χ0n) is 9.31.